The molecule has 0 saturated heterocycles. The number of allylic oxidation sites excluding steroid dienone is 1. The molecule has 0 radical (unpaired) electrons. The molecule has 0 N–H and O–H groups in total. The molecule has 1 heteroatoms. The van der Waals surface area contributed by atoms with Crippen LogP contribution in [0.15, 0.2) is 11.3 Å². The van der Waals surface area contributed by atoms with E-state index in [1.54, 1.807) is 5.57 Å². The maximum atomic E-state index is 5.88. The molecule has 68 valence electrons. The minimum absolute atomic E-state index is 0.0832. The van der Waals surface area contributed by atoms with Crippen LogP contribution in [0.4, 0.5) is 0 Å². The standard InChI is InChI=1S/C11H18O/c1-8-9-6-4-5-7-10(9)11(2,3)12-8/h10H,4-7H2,1-3H3. The Morgan fingerprint density at radius 2 is 2.08 bits per heavy atom. The van der Waals surface area contributed by atoms with Gasteiger partial charge in [-0.15, -0.1) is 0 Å². The Morgan fingerprint density at radius 3 is 2.75 bits per heavy atom. The Hall–Kier alpha value is -0.460. The number of rotatable bonds is 0. The topological polar surface area (TPSA) is 9.23 Å². The number of ether oxygens (including phenoxy) is 1. The van der Waals surface area contributed by atoms with Gasteiger partial charge in [-0.05, 0) is 45.6 Å². The molecule has 1 saturated carbocycles. The summed E-state index contributed by atoms with van der Waals surface area (Å²) in [5.74, 6) is 1.93. The van der Waals surface area contributed by atoms with E-state index >= 15 is 0 Å². The van der Waals surface area contributed by atoms with Crippen LogP contribution in [0.3, 0.4) is 0 Å². The molecule has 1 fully saturated rings. The minimum Gasteiger partial charge on any atom is -0.492 e. The third-order valence-electron chi connectivity index (χ3n) is 3.32. The lowest BCUT2D eigenvalue weighted by molar-refractivity contribution is 0.0230. The van der Waals surface area contributed by atoms with Gasteiger partial charge in [-0.2, -0.15) is 0 Å². The van der Waals surface area contributed by atoms with E-state index in [1.165, 1.54) is 31.4 Å². The van der Waals surface area contributed by atoms with Gasteiger partial charge >= 0.3 is 0 Å². The van der Waals surface area contributed by atoms with Crippen LogP contribution >= 0.6 is 0 Å². The van der Waals surface area contributed by atoms with Gasteiger partial charge in [0, 0.05) is 5.92 Å². The molecular weight excluding hydrogens is 148 g/mol. The molecule has 1 unspecified atom stereocenters. The molecule has 0 bridgehead atoms. The average Bonchev–Trinajstić information content (AvgIpc) is 2.25. The fourth-order valence-corrected chi connectivity index (χ4v) is 2.73. The number of hydrogen-bond acceptors (Lipinski definition) is 1. The summed E-state index contributed by atoms with van der Waals surface area (Å²) in [6.45, 7) is 6.57. The van der Waals surface area contributed by atoms with Gasteiger partial charge in [-0.1, -0.05) is 6.42 Å². The summed E-state index contributed by atoms with van der Waals surface area (Å²) in [5.41, 5.74) is 1.69. The summed E-state index contributed by atoms with van der Waals surface area (Å²) in [6, 6.07) is 0. The first-order valence-electron chi connectivity index (χ1n) is 5.00. The Balaban J connectivity index is 2.28. The molecule has 0 spiro atoms. The first kappa shape index (κ1) is 8.15. The van der Waals surface area contributed by atoms with Crippen molar-refractivity contribution in [3.63, 3.8) is 0 Å². The molecule has 12 heavy (non-hydrogen) atoms. The van der Waals surface area contributed by atoms with Crippen LogP contribution in [0.25, 0.3) is 0 Å². The lowest BCUT2D eigenvalue weighted by Crippen LogP contribution is -2.30. The number of hydrogen-bond donors (Lipinski definition) is 0. The molecule has 1 nitrogen and oxygen atoms in total. The maximum Gasteiger partial charge on any atom is 0.110 e. The van der Waals surface area contributed by atoms with E-state index in [4.69, 9.17) is 4.74 Å². The SMILES string of the molecule is CC1=C2CCCCC2C(C)(C)O1. The third kappa shape index (κ3) is 1.07. The van der Waals surface area contributed by atoms with Gasteiger partial charge in [0.2, 0.25) is 0 Å². The van der Waals surface area contributed by atoms with Crippen molar-refractivity contribution in [3.8, 4) is 0 Å². The van der Waals surface area contributed by atoms with Gasteiger partial charge in [0.05, 0.1) is 5.76 Å². The second-order valence-corrected chi connectivity index (χ2v) is 4.59. The quantitative estimate of drug-likeness (QED) is 0.536. The van der Waals surface area contributed by atoms with Crippen molar-refractivity contribution in [1.29, 1.82) is 0 Å². The van der Waals surface area contributed by atoms with Crippen molar-refractivity contribution in [1.82, 2.24) is 0 Å². The largest absolute Gasteiger partial charge is 0.492 e. The summed E-state index contributed by atoms with van der Waals surface area (Å²) < 4.78 is 5.88. The average molecular weight is 166 g/mol. The third-order valence-corrected chi connectivity index (χ3v) is 3.32. The van der Waals surface area contributed by atoms with Crippen molar-refractivity contribution in [2.75, 3.05) is 0 Å². The van der Waals surface area contributed by atoms with Crippen LogP contribution in [-0.2, 0) is 4.74 Å². The summed E-state index contributed by atoms with van der Waals surface area (Å²) in [5, 5.41) is 0. The van der Waals surface area contributed by atoms with E-state index in [2.05, 4.69) is 20.8 Å². The maximum absolute atomic E-state index is 5.88. The zero-order valence-electron chi connectivity index (χ0n) is 8.31. The van der Waals surface area contributed by atoms with Gasteiger partial charge in [-0.3, -0.25) is 0 Å². The van der Waals surface area contributed by atoms with Crippen LogP contribution in [0.5, 0.6) is 0 Å². The van der Waals surface area contributed by atoms with Gasteiger partial charge in [-0.25, -0.2) is 0 Å². The van der Waals surface area contributed by atoms with Crippen LogP contribution in [0.2, 0.25) is 0 Å². The van der Waals surface area contributed by atoms with Gasteiger partial charge in [0.1, 0.15) is 5.60 Å². The molecule has 1 heterocycles. The van der Waals surface area contributed by atoms with E-state index in [0.29, 0.717) is 5.92 Å². The molecule has 0 amide bonds. The smallest absolute Gasteiger partial charge is 0.110 e. The first-order chi connectivity index (χ1) is 5.61. The molecule has 1 aliphatic heterocycles. The lowest BCUT2D eigenvalue weighted by Gasteiger charge is -2.30. The highest BCUT2D eigenvalue weighted by Gasteiger charge is 2.41. The lowest BCUT2D eigenvalue weighted by atomic mass is 9.77. The Labute approximate surface area is 74.8 Å². The van der Waals surface area contributed by atoms with E-state index in [0.717, 1.165) is 0 Å². The van der Waals surface area contributed by atoms with Crippen LogP contribution in [0.1, 0.15) is 46.5 Å². The number of fused-ring (bicyclic) bond motifs is 1. The summed E-state index contributed by atoms with van der Waals surface area (Å²) in [7, 11) is 0. The van der Waals surface area contributed by atoms with E-state index < -0.39 is 0 Å². The Kier molecular flexibility index (Phi) is 1.71. The van der Waals surface area contributed by atoms with Crippen molar-refractivity contribution in [3.05, 3.63) is 11.3 Å². The van der Waals surface area contributed by atoms with Crippen molar-refractivity contribution in [2.45, 2.75) is 52.1 Å². The van der Waals surface area contributed by atoms with Gasteiger partial charge in [0.15, 0.2) is 0 Å². The van der Waals surface area contributed by atoms with E-state index in [-0.39, 0.29) is 5.60 Å². The van der Waals surface area contributed by atoms with Gasteiger partial charge in [0.25, 0.3) is 0 Å². The Morgan fingerprint density at radius 1 is 1.33 bits per heavy atom. The Bertz CT molecular complexity index is 225. The highest BCUT2D eigenvalue weighted by Crippen LogP contribution is 2.46. The zero-order valence-corrected chi connectivity index (χ0v) is 8.31. The van der Waals surface area contributed by atoms with Crippen molar-refractivity contribution < 1.29 is 4.74 Å². The predicted octanol–water partition coefficient (Wildman–Crippen LogP) is 3.26. The molecule has 1 aliphatic carbocycles. The minimum atomic E-state index is 0.0832. The fourth-order valence-electron chi connectivity index (χ4n) is 2.73. The van der Waals surface area contributed by atoms with E-state index in [1.807, 2.05) is 0 Å². The predicted molar refractivity (Wildman–Crippen MR) is 49.8 cm³/mol. The fraction of sp³-hybridized carbons (Fsp3) is 0.818. The molecule has 0 aromatic heterocycles. The first-order valence-corrected chi connectivity index (χ1v) is 5.00. The highest BCUT2D eigenvalue weighted by molar-refractivity contribution is 5.22. The molecule has 0 aromatic rings. The summed E-state index contributed by atoms with van der Waals surface area (Å²) >= 11 is 0. The second kappa shape index (κ2) is 2.51. The molecule has 2 aliphatic rings. The highest BCUT2D eigenvalue weighted by atomic mass is 16.5. The van der Waals surface area contributed by atoms with Crippen LogP contribution < -0.4 is 0 Å². The van der Waals surface area contributed by atoms with Crippen LogP contribution in [0, 0.1) is 5.92 Å². The molecule has 2 rings (SSSR count). The summed E-state index contributed by atoms with van der Waals surface area (Å²) in [4.78, 5) is 0. The van der Waals surface area contributed by atoms with Gasteiger partial charge < -0.3 is 4.74 Å². The second-order valence-electron chi connectivity index (χ2n) is 4.59. The van der Waals surface area contributed by atoms with Crippen molar-refractivity contribution in [2.24, 2.45) is 5.92 Å². The summed E-state index contributed by atoms with van der Waals surface area (Å²) in [6.07, 6.45) is 5.36. The monoisotopic (exact) mass is 166 g/mol. The van der Waals surface area contributed by atoms with Crippen LogP contribution in [-0.4, -0.2) is 5.60 Å². The molecule has 0 aromatic carbocycles. The van der Waals surface area contributed by atoms with Crippen molar-refractivity contribution >= 4 is 0 Å². The van der Waals surface area contributed by atoms with E-state index in [9.17, 15) is 0 Å². The molecule has 1 atom stereocenters. The zero-order chi connectivity index (χ0) is 8.77. The molecular formula is C11H18O. The normalized spacial score (nSPS) is 33.1.